The fourth-order valence-electron chi connectivity index (χ4n) is 2.66. The number of aryl methyl sites for hydroxylation is 1. The molecule has 1 fully saturated rings. The minimum absolute atomic E-state index is 0.144. The summed E-state index contributed by atoms with van der Waals surface area (Å²) < 4.78 is 0. The van der Waals surface area contributed by atoms with Crippen molar-refractivity contribution < 1.29 is 0 Å². The van der Waals surface area contributed by atoms with E-state index in [2.05, 4.69) is 14.9 Å². The number of nitrogens with zero attached hydrogens (tertiary/aromatic N) is 2. The molecule has 3 rings (SSSR count). The third kappa shape index (κ3) is 2.39. The average molecular weight is 270 g/mol. The number of nitrogens with one attached hydrogen (secondary N) is 1. The van der Waals surface area contributed by atoms with Gasteiger partial charge in [-0.3, -0.25) is 4.79 Å². The lowest BCUT2D eigenvalue weighted by Crippen LogP contribution is -2.19. The Balaban J connectivity index is 1.99. The maximum absolute atomic E-state index is 11.5. The molecular weight excluding hydrogens is 252 g/mol. The molecule has 0 spiro atoms. The monoisotopic (exact) mass is 270 g/mol. The predicted molar refractivity (Wildman–Crippen MR) is 80.9 cm³/mol. The molecule has 0 bridgehead atoms. The van der Waals surface area contributed by atoms with Gasteiger partial charge in [0.2, 0.25) is 0 Å². The summed E-state index contributed by atoms with van der Waals surface area (Å²) in [6.45, 7) is 3.92. The smallest absolute Gasteiger partial charge is 0.251 e. The molecule has 5 heteroatoms. The molecule has 2 heterocycles. The Morgan fingerprint density at radius 1 is 1.25 bits per heavy atom. The summed E-state index contributed by atoms with van der Waals surface area (Å²) in [4.78, 5) is 20.9. The van der Waals surface area contributed by atoms with Crippen LogP contribution < -0.4 is 16.2 Å². The van der Waals surface area contributed by atoms with E-state index in [1.807, 2.05) is 18.2 Å². The van der Waals surface area contributed by atoms with E-state index in [0.717, 1.165) is 30.0 Å². The first-order valence-electron chi connectivity index (χ1n) is 6.86. The van der Waals surface area contributed by atoms with Gasteiger partial charge in [0.05, 0.1) is 11.4 Å². The van der Waals surface area contributed by atoms with Crippen molar-refractivity contribution >= 4 is 11.4 Å². The Kier molecular flexibility index (Phi) is 3.18. The molecule has 1 aromatic heterocycles. The van der Waals surface area contributed by atoms with Gasteiger partial charge in [-0.05, 0) is 38.0 Å². The molecule has 1 saturated heterocycles. The van der Waals surface area contributed by atoms with Gasteiger partial charge in [-0.1, -0.05) is 0 Å². The zero-order valence-electron chi connectivity index (χ0n) is 11.5. The van der Waals surface area contributed by atoms with Crippen molar-refractivity contribution in [1.29, 1.82) is 0 Å². The quantitative estimate of drug-likeness (QED) is 0.818. The van der Waals surface area contributed by atoms with Crippen LogP contribution in [0.3, 0.4) is 0 Å². The summed E-state index contributed by atoms with van der Waals surface area (Å²) in [7, 11) is 0. The number of nitrogens with two attached hydrogens (primary N) is 1. The summed E-state index contributed by atoms with van der Waals surface area (Å²) in [6.07, 6.45) is 2.43. The lowest BCUT2D eigenvalue weighted by molar-refractivity contribution is 0.949. The molecule has 0 saturated carbocycles. The van der Waals surface area contributed by atoms with Crippen molar-refractivity contribution in [1.82, 2.24) is 9.97 Å². The number of anilines is 2. The molecule has 5 nitrogen and oxygen atoms in total. The molecule has 0 amide bonds. The molecule has 1 aromatic carbocycles. The highest BCUT2D eigenvalue weighted by Crippen LogP contribution is 2.30. The normalized spacial score (nSPS) is 14.8. The van der Waals surface area contributed by atoms with E-state index in [1.165, 1.54) is 18.9 Å². The largest absolute Gasteiger partial charge is 0.397 e. The fraction of sp³-hybridized carbons (Fsp3) is 0.333. The van der Waals surface area contributed by atoms with Gasteiger partial charge in [-0.2, -0.15) is 0 Å². The number of hydrogen-bond acceptors (Lipinski definition) is 4. The highest BCUT2D eigenvalue weighted by molar-refractivity contribution is 5.74. The van der Waals surface area contributed by atoms with Crippen molar-refractivity contribution in [3.8, 4) is 11.4 Å². The zero-order chi connectivity index (χ0) is 14.1. The van der Waals surface area contributed by atoms with E-state index < -0.39 is 0 Å². The zero-order valence-corrected chi connectivity index (χ0v) is 11.5. The SMILES string of the molecule is Cc1cc(=O)[nH]c(-c2ccc(N3CCCC3)c(N)c2)n1. The van der Waals surface area contributed by atoms with Gasteiger partial charge in [0, 0.05) is 30.4 Å². The summed E-state index contributed by atoms with van der Waals surface area (Å²) in [5, 5.41) is 0. The van der Waals surface area contributed by atoms with E-state index in [9.17, 15) is 4.79 Å². The highest BCUT2D eigenvalue weighted by atomic mass is 16.1. The molecular formula is C15H18N4O. The number of hydrogen-bond donors (Lipinski definition) is 2. The Bertz CT molecular complexity index is 687. The number of benzene rings is 1. The summed E-state index contributed by atoms with van der Waals surface area (Å²) in [6, 6.07) is 7.33. The van der Waals surface area contributed by atoms with Gasteiger partial charge in [-0.15, -0.1) is 0 Å². The Hall–Kier alpha value is -2.30. The van der Waals surface area contributed by atoms with Crippen LogP contribution in [0.2, 0.25) is 0 Å². The first-order chi connectivity index (χ1) is 9.63. The number of rotatable bonds is 2. The molecule has 20 heavy (non-hydrogen) atoms. The highest BCUT2D eigenvalue weighted by Gasteiger charge is 2.15. The van der Waals surface area contributed by atoms with Gasteiger partial charge in [-0.25, -0.2) is 4.98 Å². The third-order valence-corrected chi connectivity index (χ3v) is 3.62. The summed E-state index contributed by atoms with van der Waals surface area (Å²) in [5.74, 6) is 0.565. The van der Waals surface area contributed by atoms with E-state index in [4.69, 9.17) is 5.73 Å². The lowest BCUT2D eigenvalue weighted by Gasteiger charge is -2.20. The van der Waals surface area contributed by atoms with E-state index in [-0.39, 0.29) is 5.56 Å². The van der Waals surface area contributed by atoms with Crippen LogP contribution in [-0.2, 0) is 0 Å². The van der Waals surface area contributed by atoms with E-state index in [0.29, 0.717) is 11.5 Å². The Morgan fingerprint density at radius 3 is 2.65 bits per heavy atom. The lowest BCUT2D eigenvalue weighted by atomic mass is 10.1. The minimum atomic E-state index is -0.144. The molecule has 1 aliphatic rings. The second-order valence-corrected chi connectivity index (χ2v) is 5.20. The van der Waals surface area contributed by atoms with Gasteiger partial charge >= 0.3 is 0 Å². The first-order valence-corrected chi connectivity index (χ1v) is 6.86. The van der Waals surface area contributed by atoms with Crippen molar-refractivity contribution in [2.24, 2.45) is 0 Å². The van der Waals surface area contributed by atoms with Crippen LogP contribution in [0.1, 0.15) is 18.5 Å². The predicted octanol–water partition coefficient (Wildman–Crippen LogP) is 1.93. The molecule has 2 aromatic rings. The van der Waals surface area contributed by atoms with Gasteiger partial charge in [0.15, 0.2) is 0 Å². The molecule has 0 radical (unpaired) electrons. The van der Waals surface area contributed by atoms with E-state index in [1.54, 1.807) is 6.92 Å². The molecule has 3 N–H and O–H groups in total. The van der Waals surface area contributed by atoms with Crippen molar-refractivity contribution in [2.75, 3.05) is 23.7 Å². The van der Waals surface area contributed by atoms with Crippen LogP contribution in [-0.4, -0.2) is 23.1 Å². The van der Waals surface area contributed by atoms with Gasteiger partial charge < -0.3 is 15.6 Å². The van der Waals surface area contributed by atoms with Gasteiger partial charge in [0.25, 0.3) is 5.56 Å². The van der Waals surface area contributed by atoms with Crippen molar-refractivity contribution in [2.45, 2.75) is 19.8 Å². The second kappa shape index (κ2) is 5.00. The Labute approximate surface area is 117 Å². The van der Waals surface area contributed by atoms with E-state index >= 15 is 0 Å². The maximum Gasteiger partial charge on any atom is 0.251 e. The molecule has 0 atom stereocenters. The van der Waals surface area contributed by atoms with Crippen LogP contribution in [0.4, 0.5) is 11.4 Å². The van der Waals surface area contributed by atoms with Crippen LogP contribution in [0.25, 0.3) is 11.4 Å². The number of H-pyrrole nitrogens is 1. The maximum atomic E-state index is 11.5. The average Bonchev–Trinajstić information content (AvgIpc) is 2.91. The number of nitrogen functional groups attached to an aromatic ring is 1. The van der Waals surface area contributed by atoms with Crippen molar-refractivity contribution in [3.05, 3.63) is 40.3 Å². The summed E-state index contributed by atoms with van der Waals surface area (Å²) >= 11 is 0. The van der Waals surface area contributed by atoms with Crippen LogP contribution in [0, 0.1) is 6.92 Å². The second-order valence-electron chi connectivity index (χ2n) is 5.20. The van der Waals surface area contributed by atoms with Crippen molar-refractivity contribution in [3.63, 3.8) is 0 Å². The summed E-state index contributed by atoms with van der Waals surface area (Å²) in [5.41, 5.74) is 9.35. The molecule has 0 aliphatic carbocycles. The number of aromatic amines is 1. The fourth-order valence-corrected chi connectivity index (χ4v) is 2.66. The van der Waals surface area contributed by atoms with Crippen LogP contribution in [0.15, 0.2) is 29.1 Å². The third-order valence-electron chi connectivity index (χ3n) is 3.62. The topological polar surface area (TPSA) is 75.0 Å². The molecule has 1 aliphatic heterocycles. The Morgan fingerprint density at radius 2 is 2.00 bits per heavy atom. The first kappa shape index (κ1) is 12.7. The molecule has 0 unspecified atom stereocenters. The minimum Gasteiger partial charge on any atom is -0.397 e. The standard InChI is InChI=1S/C15H18N4O/c1-10-8-14(20)18-15(17-10)11-4-5-13(12(16)9-11)19-6-2-3-7-19/h4-5,8-9H,2-3,6-7,16H2,1H3,(H,17,18,20). The van der Waals surface area contributed by atoms with Crippen LogP contribution >= 0.6 is 0 Å². The molecule has 104 valence electrons. The van der Waals surface area contributed by atoms with Gasteiger partial charge in [0.1, 0.15) is 5.82 Å². The van der Waals surface area contributed by atoms with Crippen LogP contribution in [0.5, 0.6) is 0 Å². The number of aromatic nitrogens is 2.